The number of amides is 2. The summed E-state index contributed by atoms with van der Waals surface area (Å²) >= 11 is 0. The third kappa shape index (κ3) is 2.08. The lowest BCUT2D eigenvalue weighted by molar-refractivity contribution is -0.123. The van der Waals surface area contributed by atoms with E-state index in [2.05, 4.69) is 0 Å². The van der Waals surface area contributed by atoms with Crippen LogP contribution < -0.4 is 16.4 Å². The predicted octanol–water partition coefficient (Wildman–Crippen LogP) is 0.415. The lowest BCUT2D eigenvalue weighted by Gasteiger charge is -2.17. The molecular formula is C12H15N3O2. The molecule has 1 aliphatic rings. The molecule has 2 amide bonds. The smallest absolute Gasteiger partial charge is 0.227 e. The van der Waals surface area contributed by atoms with E-state index < -0.39 is 5.91 Å². The number of nitrogens with two attached hydrogens (primary N) is 2. The van der Waals surface area contributed by atoms with Crippen molar-refractivity contribution >= 4 is 23.2 Å². The molecule has 1 aliphatic heterocycles. The molecule has 1 heterocycles. The molecule has 0 saturated carbocycles. The van der Waals surface area contributed by atoms with Gasteiger partial charge in [-0.15, -0.1) is 0 Å². The van der Waals surface area contributed by atoms with Crippen LogP contribution in [0.25, 0.3) is 0 Å². The number of carbonyl (C=O) groups is 2. The molecule has 0 bridgehead atoms. The van der Waals surface area contributed by atoms with Crippen molar-refractivity contribution in [1.82, 2.24) is 0 Å². The third-order valence-corrected chi connectivity index (χ3v) is 3.09. The van der Waals surface area contributed by atoms with Gasteiger partial charge in [0.25, 0.3) is 0 Å². The van der Waals surface area contributed by atoms with E-state index in [0.717, 1.165) is 11.3 Å². The number of hydrogen-bond donors (Lipinski definition) is 2. The Balaban J connectivity index is 2.26. The van der Waals surface area contributed by atoms with Crippen LogP contribution in [-0.4, -0.2) is 18.4 Å². The molecule has 90 valence electrons. The zero-order chi connectivity index (χ0) is 12.6. The molecule has 0 radical (unpaired) electrons. The average Bonchev–Trinajstić information content (AvgIpc) is 2.65. The van der Waals surface area contributed by atoms with Gasteiger partial charge in [-0.3, -0.25) is 9.59 Å². The van der Waals surface area contributed by atoms with Crippen molar-refractivity contribution in [3.63, 3.8) is 0 Å². The summed E-state index contributed by atoms with van der Waals surface area (Å²) in [6.45, 7) is 2.24. The Morgan fingerprint density at radius 1 is 1.47 bits per heavy atom. The van der Waals surface area contributed by atoms with Gasteiger partial charge in [0.2, 0.25) is 11.8 Å². The summed E-state index contributed by atoms with van der Waals surface area (Å²) in [6.07, 6.45) is 0.193. The molecule has 1 unspecified atom stereocenters. The van der Waals surface area contributed by atoms with E-state index in [0.29, 0.717) is 12.2 Å². The molecule has 5 heteroatoms. The number of aryl methyl sites for hydroxylation is 1. The van der Waals surface area contributed by atoms with E-state index in [9.17, 15) is 9.59 Å². The summed E-state index contributed by atoms with van der Waals surface area (Å²) in [5.74, 6) is -0.883. The predicted molar refractivity (Wildman–Crippen MR) is 65.2 cm³/mol. The van der Waals surface area contributed by atoms with E-state index in [1.54, 1.807) is 17.0 Å². The second-order valence-corrected chi connectivity index (χ2v) is 4.35. The number of benzene rings is 1. The quantitative estimate of drug-likeness (QED) is 0.725. The minimum absolute atomic E-state index is 0.0713. The van der Waals surface area contributed by atoms with Gasteiger partial charge >= 0.3 is 0 Å². The largest absolute Gasteiger partial charge is 0.399 e. The van der Waals surface area contributed by atoms with Crippen molar-refractivity contribution in [2.24, 2.45) is 11.7 Å². The summed E-state index contributed by atoms with van der Waals surface area (Å²) in [7, 11) is 0. The van der Waals surface area contributed by atoms with Crippen LogP contribution in [0.1, 0.15) is 12.0 Å². The minimum atomic E-state index is -0.423. The van der Waals surface area contributed by atoms with Crippen LogP contribution in [-0.2, 0) is 9.59 Å². The first-order chi connectivity index (χ1) is 7.99. The summed E-state index contributed by atoms with van der Waals surface area (Å²) in [6, 6.07) is 5.38. The van der Waals surface area contributed by atoms with E-state index in [1.165, 1.54) is 0 Å². The molecule has 1 saturated heterocycles. The highest BCUT2D eigenvalue weighted by Crippen LogP contribution is 2.27. The Hall–Kier alpha value is -2.04. The number of hydrogen-bond acceptors (Lipinski definition) is 3. The van der Waals surface area contributed by atoms with E-state index in [1.807, 2.05) is 13.0 Å². The first-order valence-corrected chi connectivity index (χ1v) is 5.45. The first kappa shape index (κ1) is 11.4. The number of anilines is 2. The van der Waals surface area contributed by atoms with Crippen LogP contribution in [0.5, 0.6) is 0 Å². The molecule has 0 aliphatic carbocycles. The van der Waals surface area contributed by atoms with Crippen LogP contribution in [0.2, 0.25) is 0 Å². The van der Waals surface area contributed by atoms with Crippen LogP contribution in [0.15, 0.2) is 18.2 Å². The van der Waals surface area contributed by atoms with Gasteiger partial charge in [0.1, 0.15) is 0 Å². The van der Waals surface area contributed by atoms with Crippen molar-refractivity contribution in [3.8, 4) is 0 Å². The number of primary amides is 1. The minimum Gasteiger partial charge on any atom is -0.399 e. The van der Waals surface area contributed by atoms with Crippen molar-refractivity contribution in [2.45, 2.75) is 13.3 Å². The van der Waals surface area contributed by atoms with Crippen LogP contribution in [0, 0.1) is 12.8 Å². The molecule has 4 N–H and O–H groups in total. The second-order valence-electron chi connectivity index (χ2n) is 4.35. The van der Waals surface area contributed by atoms with Gasteiger partial charge in [-0.2, -0.15) is 0 Å². The van der Waals surface area contributed by atoms with E-state index in [-0.39, 0.29) is 18.2 Å². The van der Waals surface area contributed by atoms with Gasteiger partial charge in [0.05, 0.1) is 5.92 Å². The summed E-state index contributed by atoms with van der Waals surface area (Å²) in [4.78, 5) is 24.4. The Morgan fingerprint density at radius 3 is 2.71 bits per heavy atom. The van der Waals surface area contributed by atoms with Crippen LogP contribution in [0.3, 0.4) is 0 Å². The third-order valence-electron chi connectivity index (χ3n) is 3.09. The first-order valence-electron chi connectivity index (χ1n) is 5.45. The highest BCUT2D eigenvalue weighted by atomic mass is 16.2. The van der Waals surface area contributed by atoms with Crippen molar-refractivity contribution in [1.29, 1.82) is 0 Å². The lowest BCUT2D eigenvalue weighted by atomic mass is 10.1. The van der Waals surface area contributed by atoms with Crippen molar-refractivity contribution in [2.75, 3.05) is 17.2 Å². The SMILES string of the molecule is Cc1cc(N2CC(C(N)=O)CC2=O)ccc1N. The molecular weight excluding hydrogens is 218 g/mol. The van der Waals surface area contributed by atoms with Gasteiger partial charge in [-0.05, 0) is 30.7 Å². The monoisotopic (exact) mass is 233 g/mol. The summed E-state index contributed by atoms with van der Waals surface area (Å²) < 4.78 is 0. The maximum Gasteiger partial charge on any atom is 0.227 e. The molecule has 1 aromatic rings. The highest BCUT2D eigenvalue weighted by molar-refractivity contribution is 6.00. The molecule has 1 fully saturated rings. The zero-order valence-corrected chi connectivity index (χ0v) is 9.64. The Labute approximate surface area is 99.4 Å². The van der Waals surface area contributed by atoms with Gasteiger partial charge in [0.15, 0.2) is 0 Å². The molecule has 1 aromatic carbocycles. The normalized spacial score (nSPS) is 19.7. The fourth-order valence-electron chi connectivity index (χ4n) is 1.98. The average molecular weight is 233 g/mol. The van der Waals surface area contributed by atoms with Crippen molar-refractivity contribution < 1.29 is 9.59 Å². The van der Waals surface area contributed by atoms with E-state index >= 15 is 0 Å². The maximum atomic E-state index is 11.8. The Kier molecular flexibility index (Phi) is 2.75. The maximum absolute atomic E-state index is 11.8. The van der Waals surface area contributed by atoms with Gasteiger partial charge in [-0.25, -0.2) is 0 Å². The van der Waals surface area contributed by atoms with E-state index in [4.69, 9.17) is 11.5 Å². The van der Waals surface area contributed by atoms with Crippen LogP contribution >= 0.6 is 0 Å². The van der Waals surface area contributed by atoms with Crippen molar-refractivity contribution in [3.05, 3.63) is 23.8 Å². The topological polar surface area (TPSA) is 89.4 Å². The van der Waals surface area contributed by atoms with Gasteiger partial charge in [-0.1, -0.05) is 0 Å². The number of nitrogens with zero attached hydrogens (tertiary/aromatic N) is 1. The fourth-order valence-corrected chi connectivity index (χ4v) is 1.98. The Bertz CT molecular complexity index is 485. The lowest BCUT2D eigenvalue weighted by Crippen LogP contribution is -2.28. The summed E-state index contributed by atoms with van der Waals surface area (Å²) in [5.41, 5.74) is 13.3. The van der Waals surface area contributed by atoms with Crippen LogP contribution in [0.4, 0.5) is 11.4 Å². The standard InChI is InChI=1S/C12H15N3O2/c1-7-4-9(2-3-10(7)13)15-6-8(12(14)17)5-11(15)16/h2-4,8H,5-6,13H2,1H3,(H2,14,17). The van der Waals surface area contributed by atoms with Gasteiger partial charge < -0.3 is 16.4 Å². The molecule has 0 aromatic heterocycles. The molecule has 17 heavy (non-hydrogen) atoms. The number of rotatable bonds is 2. The molecule has 0 spiro atoms. The van der Waals surface area contributed by atoms with Gasteiger partial charge in [0, 0.05) is 24.3 Å². The highest BCUT2D eigenvalue weighted by Gasteiger charge is 2.33. The number of nitrogen functional groups attached to an aromatic ring is 1. The number of carbonyl (C=O) groups excluding carboxylic acids is 2. The second kappa shape index (κ2) is 4.08. The fraction of sp³-hybridized carbons (Fsp3) is 0.333. The summed E-state index contributed by atoms with van der Waals surface area (Å²) in [5, 5.41) is 0. The zero-order valence-electron chi connectivity index (χ0n) is 9.64. The molecule has 1 atom stereocenters. The molecule has 5 nitrogen and oxygen atoms in total. The Morgan fingerprint density at radius 2 is 2.18 bits per heavy atom. The molecule has 2 rings (SSSR count).